The highest BCUT2D eigenvalue weighted by atomic mass is 35.5. The molecular formula is C16H17ClN2O. The molecule has 0 unspecified atom stereocenters. The number of amides is 1. The number of benzene rings is 2. The van der Waals surface area contributed by atoms with Gasteiger partial charge in [0, 0.05) is 11.6 Å². The van der Waals surface area contributed by atoms with Gasteiger partial charge in [-0.1, -0.05) is 35.9 Å². The van der Waals surface area contributed by atoms with E-state index < -0.39 is 0 Å². The summed E-state index contributed by atoms with van der Waals surface area (Å²) >= 11 is 5.94. The van der Waals surface area contributed by atoms with Crippen LogP contribution in [0, 0.1) is 0 Å². The molecule has 3 nitrogen and oxygen atoms in total. The van der Waals surface area contributed by atoms with Crippen LogP contribution < -0.4 is 10.6 Å². The number of hydrogen-bond donors (Lipinski definition) is 1. The lowest BCUT2D eigenvalue weighted by Crippen LogP contribution is -2.32. The van der Waals surface area contributed by atoms with Crippen LogP contribution in [0.4, 0.5) is 11.4 Å². The maximum atomic E-state index is 12.4. The predicted molar refractivity (Wildman–Crippen MR) is 84.0 cm³/mol. The van der Waals surface area contributed by atoms with Crippen LogP contribution in [0.2, 0.25) is 5.02 Å². The van der Waals surface area contributed by atoms with Crippen molar-refractivity contribution in [3.63, 3.8) is 0 Å². The minimum Gasteiger partial charge on any atom is -0.397 e. The fourth-order valence-corrected chi connectivity index (χ4v) is 2.34. The summed E-state index contributed by atoms with van der Waals surface area (Å²) in [6.07, 6.45) is 0.308. The molecule has 2 N–H and O–H groups in total. The molecule has 0 aliphatic heterocycles. The van der Waals surface area contributed by atoms with E-state index >= 15 is 0 Å². The molecule has 2 aromatic carbocycles. The van der Waals surface area contributed by atoms with Crippen molar-refractivity contribution in [1.82, 2.24) is 0 Å². The summed E-state index contributed by atoms with van der Waals surface area (Å²) in [5.41, 5.74) is 8.19. The first-order chi connectivity index (χ1) is 9.61. The fourth-order valence-electron chi connectivity index (χ4n) is 2.13. The molecule has 0 spiro atoms. The molecule has 0 fully saturated rings. The van der Waals surface area contributed by atoms with Crippen LogP contribution >= 0.6 is 11.6 Å². The first kappa shape index (κ1) is 14.4. The number of nitrogens with zero attached hydrogens (tertiary/aromatic N) is 1. The number of hydrogen-bond acceptors (Lipinski definition) is 2. The summed E-state index contributed by atoms with van der Waals surface area (Å²) in [4.78, 5) is 14.1. The summed E-state index contributed by atoms with van der Waals surface area (Å²) in [5, 5.41) is 0.637. The Bertz CT molecular complexity index is 613. The normalized spacial score (nSPS) is 10.3. The lowest BCUT2D eigenvalue weighted by Gasteiger charge is -2.22. The Morgan fingerprint density at radius 1 is 1.20 bits per heavy atom. The Morgan fingerprint density at radius 2 is 1.95 bits per heavy atom. The standard InChI is InChI=1S/C16H17ClN2O/c1-2-19(15-9-4-3-8-14(15)18)16(20)11-12-6-5-7-13(17)10-12/h3-10H,2,11,18H2,1H3. The minimum absolute atomic E-state index is 0.00710. The number of carbonyl (C=O) groups is 1. The Kier molecular flexibility index (Phi) is 4.64. The van der Waals surface area contributed by atoms with Crippen molar-refractivity contribution in [3.05, 3.63) is 59.1 Å². The van der Waals surface area contributed by atoms with Gasteiger partial charge in [0.15, 0.2) is 0 Å². The van der Waals surface area contributed by atoms with Gasteiger partial charge in [-0.2, -0.15) is 0 Å². The summed E-state index contributed by atoms with van der Waals surface area (Å²) in [7, 11) is 0. The minimum atomic E-state index is 0.00710. The topological polar surface area (TPSA) is 46.3 Å². The average Bonchev–Trinajstić information content (AvgIpc) is 2.41. The van der Waals surface area contributed by atoms with Gasteiger partial charge in [-0.15, -0.1) is 0 Å². The van der Waals surface area contributed by atoms with Crippen molar-refractivity contribution in [2.75, 3.05) is 17.2 Å². The Morgan fingerprint density at radius 3 is 2.60 bits per heavy atom. The van der Waals surface area contributed by atoms with Gasteiger partial charge in [0.25, 0.3) is 0 Å². The highest BCUT2D eigenvalue weighted by molar-refractivity contribution is 6.30. The quantitative estimate of drug-likeness (QED) is 0.875. The summed E-state index contributed by atoms with van der Waals surface area (Å²) < 4.78 is 0. The zero-order valence-corrected chi connectivity index (χ0v) is 12.1. The predicted octanol–water partition coefficient (Wildman–Crippen LogP) is 3.52. The SMILES string of the molecule is CCN(C(=O)Cc1cccc(Cl)c1)c1ccccc1N. The van der Waals surface area contributed by atoms with Gasteiger partial charge in [0.1, 0.15) is 0 Å². The van der Waals surface area contributed by atoms with Gasteiger partial charge in [-0.3, -0.25) is 4.79 Å². The number of halogens is 1. The molecule has 2 rings (SSSR count). The van der Waals surface area contributed by atoms with E-state index in [9.17, 15) is 4.79 Å². The molecule has 0 aromatic heterocycles. The molecule has 0 aliphatic rings. The Balaban J connectivity index is 2.20. The first-order valence-electron chi connectivity index (χ1n) is 6.51. The molecule has 1 amide bonds. The van der Waals surface area contributed by atoms with Gasteiger partial charge in [0.05, 0.1) is 17.8 Å². The van der Waals surface area contributed by atoms with E-state index in [1.165, 1.54) is 0 Å². The zero-order valence-electron chi connectivity index (χ0n) is 11.3. The fraction of sp³-hybridized carbons (Fsp3) is 0.188. The maximum absolute atomic E-state index is 12.4. The lowest BCUT2D eigenvalue weighted by atomic mass is 10.1. The van der Waals surface area contributed by atoms with Crippen LogP contribution in [-0.2, 0) is 11.2 Å². The average molecular weight is 289 g/mol. The molecule has 0 atom stereocenters. The molecular weight excluding hydrogens is 272 g/mol. The van der Waals surface area contributed by atoms with Crippen LogP contribution in [0.1, 0.15) is 12.5 Å². The molecule has 0 saturated carbocycles. The molecule has 0 aliphatic carbocycles. The van der Waals surface area contributed by atoms with E-state index in [2.05, 4.69) is 0 Å². The highest BCUT2D eigenvalue weighted by Crippen LogP contribution is 2.23. The van der Waals surface area contributed by atoms with E-state index in [4.69, 9.17) is 17.3 Å². The summed E-state index contributed by atoms with van der Waals surface area (Å²) in [6, 6.07) is 14.7. The van der Waals surface area contributed by atoms with Gasteiger partial charge in [-0.25, -0.2) is 0 Å². The maximum Gasteiger partial charge on any atom is 0.231 e. The third kappa shape index (κ3) is 3.31. The third-order valence-corrected chi connectivity index (χ3v) is 3.32. The summed E-state index contributed by atoms with van der Waals surface area (Å²) in [5.74, 6) is 0.00710. The van der Waals surface area contributed by atoms with Crippen molar-refractivity contribution < 1.29 is 4.79 Å². The van der Waals surface area contributed by atoms with Gasteiger partial charge < -0.3 is 10.6 Å². The van der Waals surface area contributed by atoms with E-state index in [0.717, 1.165) is 11.3 Å². The molecule has 4 heteroatoms. The monoisotopic (exact) mass is 288 g/mol. The van der Waals surface area contributed by atoms with Crippen molar-refractivity contribution in [1.29, 1.82) is 0 Å². The van der Waals surface area contributed by atoms with Crippen molar-refractivity contribution in [2.24, 2.45) is 0 Å². The number of anilines is 2. The van der Waals surface area contributed by atoms with Crippen molar-refractivity contribution >= 4 is 28.9 Å². The van der Waals surface area contributed by atoms with E-state index in [1.54, 1.807) is 17.0 Å². The molecule has 0 radical (unpaired) electrons. The number of nitrogens with two attached hydrogens (primary N) is 1. The number of carbonyl (C=O) groups excluding carboxylic acids is 1. The van der Waals surface area contributed by atoms with Crippen molar-refractivity contribution in [3.8, 4) is 0 Å². The second-order valence-electron chi connectivity index (χ2n) is 4.50. The van der Waals surface area contributed by atoms with Crippen molar-refractivity contribution in [2.45, 2.75) is 13.3 Å². The Hall–Kier alpha value is -2.00. The number of likely N-dealkylation sites (N-methyl/N-ethyl adjacent to an activating group) is 1. The molecule has 0 bridgehead atoms. The van der Waals surface area contributed by atoms with Crippen LogP contribution in [0.25, 0.3) is 0 Å². The second-order valence-corrected chi connectivity index (χ2v) is 4.94. The number of nitrogen functional groups attached to an aromatic ring is 1. The Labute approximate surface area is 124 Å². The largest absolute Gasteiger partial charge is 0.397 e. The van der Waals surface area contributed by atoms with E-state index in [1.807, 2.05) is 43.3 Å². The molecule has 2 aromatic rings. The van der Waals surface area contributed by atoms with Gasteiger partial charge >= 0.3 is 0 Å². The summed E-state index contributed by atoms with van der Waals surface area (Å²) in [6.45, 7) is 2.51. The van der Waals surface area contributed by atoms with Crippen LogP contribution in [0.15, 0.2) is 48.5 Å². The molecule has 0 heterocycles. The number of para-hydroxylation sites is 2. The molecule has 0 saturated heterocycles. The second kappa shape index (κ2) is 6.44. The molecule has 20 heavy (non-hydrogen) atoms. The van der Waals surface area contributed by atoms with Gasteiger partial charge in [0.2, 0.25) is 5.91 Å². The first-order valence-corrected chi connectivity index (χ1v) is 6.89. The van der Waals surface area contributed by atoms with Crippen LogP contribution in [-0.4, -0.2) is 12.5 Å². The van der Waals surface area contributed by atoms with Crippen LogP contribution in [0.5, 0.6) is 0 Å². The highest BCUT2D eigenvalue weighted by Gasteiger charge is 2.16. The zero-order chi connectivity index (χ0) is 14.5. The third-order valence-electron chi connectivity index (χ3n) is 3.09. The number of rotatable bonds is 4. The van der Waals surface area contributed by atoms with E-state index in [0.29, 0.717) is 23.7 Å². The molecule has 104 valence electrons. The van der Waals surface area contributed by atoms with E-state index in [-0.39, 0.29) is 5.91 Å². The smallest absolute Gasteiger partial charge is 0.231 e. The van der Waals surface area contributed by atoms with Gasteiger partial charge in [-0.05, 0) is 36.8 Å². The van der Waals surface area contributed by atoms with Crippen LogP contribution in [0.3, 0.4) is 0 Å². The lowest BCUT2D eigenvalue weighted by molar-refractivity contribution is -0.117.